The van der Waals surface area contributed by atoms with Crippen molar-refractivity contribution in [3.63, 3.8) is 0 Å². The van der Waals surface area contributed by atoms with Gasteiger partial charge in [0.05, 0.1) is 19.8 Å². The maximum absolute atomic E-state index is 11.5. The molecular formula is C10H16N2O6. The van der Waals surface area contributed by atoms with E-state index in [1.165, 1.54) is 4.90 Å². The van der Waals surface area contributed by atoms with Gasteiger partial charge in [-0.3, -0.25) is 14.5 Å². The molecule has 102 valence electrons. The second-order valence-electron chi connectivity index (χ2n) is 3.77. The van der Waals surface area contributed by atoms with E-state index in [0.29, 0.717) is 5.06 Å². The van der Waals surface area contributed by atoms with Crippen LogP contribution in [0.5, 0.6) is 0 Å². The minimum absolute atomic E-state index is 0.0447. The number of carbonyl (C=O) groups is 3. The molecule has 0 saturated carbocycles. The van der Waals surface area contributed by atoms with Crippen LogP contribution in [-0.2, 0) is 19.2 Å². The van der Waals surface area contributed by atoms with E-state index < -0.39 is 17.8 Å². The molecule has 0 unspecified atom stereocenters. The highest BCUT2D eigenvalue weighted by molar-refractivity contribution is 6.01. The van der Waals surface area contributed by atoms with Crippen molar-refractivity contribution in [2.75, 3.05) is 32.8 Å². The molecule has 0 bridgehead atoms. The SMILES string of the molecule is O=C(CN(CCO)CCO)ON1C(=O)CCC1=O. The molecule has 1 fully saturated rings. The number of imide groups is 1. The van der Waals surface area contributed by atoms with Crippen molar-refractivity contribution in [2.45, 2.75) is 12.8 Å². The third-order valence-electron chi connectivity index (χ3n) is 2.38. The Kier molecular flexibility index (Phi) is 5.69. The molecule has 1 aliphatic heterocycles. The minimum Gasteiger partial charge on any atom is -0.395 e. The van der Waals surface area contributed by atoms with Gasteiger partial charge in [0.25, 0.3) is 11.8 Å². The summed E-state index contributed by atoms with van der Waals surface area (Å²) in [6.07, 6.45) is 0.0895. The van der Waals surface area contributed by atoms with Crippen molar-refractivity contribution in [1.29, 1.82) is 0 Å². The Labute approximate surface area is 104 Å². The fourth-order valence-electron chi connectivity index (χ4n) is 1.52. The molecule has 0 aromatic rings. The summed E-state index contributed by atoms with van der Waals surface area (Å²) in [6.45, 7) is -0.170. The number of hydroxylamine groups is 2. The first-order valence-electron chi connectivity index (χ1n) is 5.59. The molecule has 18 heavy (non-hydrogen) atoms. The van der Waals surface area contributed by atoms with Crippen LogP contribution in [0.4, 0.5) is 0 Å². The second-order valence-corrected chi connectivity index (χ2v) is 3.77. The molecule has 0 aliphatic carbocycles. The van der Waals surface area contributed by atoms with Gasteiger partial charge in [0, 0.05) is 25.9 Å². The molecule has 0 atom stereocenters. The van der Waals surface area contributed by atoms with E-state index in [4.69, 9.17) is 10.2 Å². The highest BCUT2D eigenvalue weighted by Crippen LogP contribution is 2.12. The summed E-state index contributed by atoms with van der Waals surface area (Å²) in [5.74, 6) is -1.85. The van der Waals surface area contributed by atoms with Gasteiger partial charge in [-0.2, -0.15) is 0 Å². The fraction of sp³-hybridized carbons (Fsp3) is 0.700. The molecule has 1 saturated heterocycles. The summed E-state index contributed by atoms with van der Waals surface area (Å²) in [6, 6.07) is 0. The van der Waals surface area contributed by atoms with Crippen molar-refractivity contribution in [1.82, 2.24) is 9.96 Å². The van der Waals surface area contributed by atoms with E-state index in [2.05, 4.69) is 4.84 Å². The largest absolute Gasteiger partial charge is 0.395 e. The predicted molar refractivity (Wildman–Crippen MR) is 57.8 cm³/mol. The van der Waals surface area contributed by atoms with Gasteiger partial charge in [-0.25, -0.2) is 4.79 Å². The highest BCUT2D eigenvalue weighted by Gasteiger charge is 2.33. The lowest BCUT2D eigenvalue weighted by atomic mass is 10.4. The average Bonchev–Trinajstić information content (AvgIpc) is 2.61. The molecule has 2 amide bonds. The first-order valence-corrected chi connectivity index (χ1v) is 5.59. The molecule has 8 nitrogen and oxygen atoms in total. The number of rotatable bonds is 7. The quantitative estimate of drug-likeness (QED) is 0.504. The molecular weight excluding hydrogens is 244 g/mol. The third kappa shape index (κ3) is 4.06. The number of nitrogens with zero attached hydrogens (tertiary/aromatic N) is 2. The number of hydrogen-bond acceptors (Lipinski definition) is 7. The molecule has 2 N–H and O–H groups in total. The summed E-state index contributed by atoms with van der Waals surface area (Å²) in [7, 11) is 0. The number of aliphatic hydroxyl groups excluding tert-OH is 2. The summed E-state index contributed by atoms with van der Waals surface area (Å²) >= 11 is 0. The summed E-state index contributed by atoms with van der Waals surface area (Å²) in [4.78, 5) is 40.0. The van der Waals surface area contributed by atoms with Gasteiger partial charge in [0.15, 0.2) is 0 Å². The third-order valence-corrected chi connectivity index (χ3v) is 2.38. The first kappa shape index (κ1) is 14.6. The Hall–Kier alpha value is -1.51. The van der Waals surface area contributed by atoms with Gasteiger partial charge in [0.2, 0.25) is 0 Å². The van der Waals surface area contributed by atoms with Crippen molar-refractivity contribution in [3.05, 3.63) is 0 Å². The van der Waals surface area contributed by atoms with Crippen LogP contribution in [0.2, 0.25) is 0 Å². The minimum atomic E-state index is -0.777. The smallest absolute Gasteiger partial charge is 0.347 e. The van der Waals surface area contributed by atoms with Crippen LogP contribution >= 0.6 is 0 Å². The zero-order valence-electron chi connectivity index (χ0n) is 9.87. The predicted octanol–water partition coefficient (Wildman–Crippen LogP) is -2.12. The lowest BCUT2D eigenvalue weighted by Crippen LogP contribution is -2.39. The van der Waals surface area contributed by atoms with Gasteiger partial charge in [0.1, 0.15) is 0 Å². The van der Waals surface area contributed by atoms with Gasteiger partial charge < -0.3 is 15.1 Å². The number of hydrogen-bond donors (Lipinski definition) is 2. The van der Waals surface area contributed by atoms with Crippen LogP contribution in [0.3, 0.4) is 0 Å². The molecule has 8 heteroatoms. The van der Waals surface area contributed by atoms with Crippen molar-refractivity contribution >= 4 is 17.8 Å². The first-order chi connectivity index (χ1) is 8.58. The molecule has 1 rings (SSSR count). The van der Waals surface area contributed by atoms with Crippen LogP contribution in [0, 0.1) is 0 Å². The maximum Gasteiger partial charge on any atom is 0.347 e. The normalized spacial score (nSPS) is 15.6. The lowest BCUT2D eigenvalue weighted by Gasteiger charge is -2.20. The molecule has 1 aliphatic rings. The van der Waals surface area contributed by atoms with E-state index in [1.54, 1.807) is 0 Å². The molecule has 0 radical (unpaired) electrons. The Morgan fingerprint density at radius 1 is 1.17 bits per heavy atom. The van der Waals surface area contributed by atoms with Crippen LogP contribution in [-0.4, -0.2) is 70.8 Å². The van der Waals surface area contributed by atoms with Crippen LogP contribution in [0.15, 0.2) is 0 Å². The summed E-state index contributed by atoms with van der Waals surface area (Å²) in [5, 5.41) is 18.0. The van der Waals surface area contributed by atoms with Crippen molar-refractivity contribution < 1.29 is 29.4 Å². The Balaban J connectivity index is 2.44. The molecule has 1 heterocycles. The average molecular weight is 260 g/mol. The van der Waals surface area contributed by atoms with E-state index in [1.807, 2.05) is 0 Å². The van der Waals surface area contributed by atoms with Gasteiger partial charge in [-0.15, -0.1) is 5.06 Å². The van der Waals surface area contributed by atoms with Crippen molar-refractivity contribution in [3.8, 4) is 0 Å². The molecule has 0 aromatic carbocycles. The van der Waals surface area contributed by atoms with Crippen LogP contribution < -0.4 is 0 Å². The standard InChI is InChI=1S/C10H16N2O6/c13-5-3-11(4-6-14)7-10(17)18-12-8(15)1-2-9(12)16/h13-14H,1-7H2. The Morgan fingerprint density at radius 3 is 2.11 bits per heavy atom. The Morgan fingerprint density at radius 2 is 1.67 bits per heavy atom. The van der Waals surface area contributed by atoms with E-state index in [0.717, 1.165) is 0 Å². The van der Waals surface area contributed by atoms with Gasteiger partial charge in [-0.05, 0) is 0 Å². The zero-order chi connectivity index (χ0) is 13.5. The van der Waals surface area contributed by atoms with E-state index in [9.17, 15) is 14.4 Å². The highest BCUT2D eigenvalue weighted by atomic mass is 16.7. The Bertz CT molecular complexity index is 310. The molecule has 0 spiro atoms. The molecule has 0 aromatic heterocycles. The summed E-state index contributed by atoms with van der Waals surface area (Å²) in [5.41, 5.74) is 0. The van der Waals surface area contributed by atoms with Gasteiger partial charge >= 0.3 is 5.97 Å². The number of aliphatic hydroxyl groups is 2. The van der Waals surface area contributed by atoms with Gasteiger partial charge in [-0.1, -0.05) is 0 Å². The van der Waals surface area contributed by atoms with Crippen LogP contribution in [0.1, 0.15) is 12.8 Å². The van der Waals surface area contributed by atoms with E-state index >= 15 is 0 Å². The maximum atomic E-state index is 11.5. The topological polar surface area (TPSA) is 107 Å². The monoisotopic (exact) mass is 260 g/mol. The van der Waals surface area contributed by atoms with Crippen LogP contribution in [0.25, 0.3) is 0 Å². The number of carbonyl (C=O) groups excluding carboxylic acids is 3. The van der Waals surface area contributed by atoms with E-state index in [-0.39, 0.29) is 45.7 Å². The summed E-state index contributed by atoms with van der Waals surface area (Å²) < 4.78 is 0. The second kappa shape index (κ2) is 7.04. The number of amides is 2. The fourth-order valence-corrected chi connectivity index (χ4v) is 1.52. The lowest BCUT2D eigenvalue weighted by molar-refractivity contribution is -0.198. The van der Waals surface area contributed by atoms with Crippen molar-refractivity contribution in [2.24, 2.45) is 0 Å². The zero-order valence-corrected chi connectivity index (χ0v) is 9.87.